The fraction of sp³-hybridized carbons (Fsp3) is 0.318. The predicted octanol–water partition coefficient (Wildman–Crippen LogP) is 4.47. The van der Waals surface area contributed by atoms with E-state index in [9.17, 15) is 22.8 Å². The molecule has 1 aliphatic rings. The van der Waals surface area contributed by atoms with Gasteiger partial charge in [0.15, 0.2) is 0 Å². The monoisotopic (exact) mass is 431 g/mol. The van der Waals surface area contributed by atoms with Crippen LogP contribution in [0, 0.1) is 5.92 Å². The lowest BCUT2D eigenvalue weighted by molar-refractivity contribution is -0.274. The van der Waals surface area contributed by atoms with E-state index in [4.69, 9.17) is 0 Å². The van der Waals surface area contributed by atoms with E-state index in [0.29, 0.717) is 16.6 Å². The minimum Gasteiger partial charge on any atom is -0.406 e. The molecule has 2 aromatic heterocycles. The molecule has 0 bridgehead atoms. The number of nitrogens with zero attached hydrogens (tertiary/aromatic N) is 1. The number of ether oxygens (including phenoxy) is 1. The summed E-state index contributed by atoms with van der Waals surface area (Å²) in [4.78, 5) is 31.8. The van der Waals surface area contributed by atoms with Crippen LogP contribution in [0.25, 0.3) is 10.9 Å². The fourth-order valence-corrected chi connectivity index (χ4v) is 3.38. The van der Waals surface area contributed by atoms with Gasteiger partial charge >= 0.3 is 6.36 Å². The van der Waals surface area contributed by atoms with Gasteiger partial charge in [-0.15, -0.1) is 13.2 Å². The van der Waals surface area contributed by atoms with E-state index in [-0.39, 0.29) is 35.6 Å². The van der Waals surface area contributed by atoms with Crippen molar-refractivity contribution in [3.8, 4) is 5.75 Å². The summed E-state index contributed by atoms with van der Waals surface area (Å²) in [6.07, 6.45) is -1.01. The number of hydrogen-bond acceptors (Lipinski definition) is 4. The van der Waals surface area contributed by atoms with Gasteiger partial charge in [0.25, 0.3) is 5.91 Å². The number of fused-ring (bicyclic) bond motifs is 1. The Bertz CT molecular complexity index is 1140. The van der Waals surface area contributed by atoms with Crippen LogP contribution in [0.2, 0.25) is 0 Å². The van der Waals surface area contributed by atoms with Crippen LogP contribution in [0.3, 0.4) is 0 Å². The number of hydrogen-bond donors (Lipinski definition) is 2. The first-order valence-electron chi connectivity index (χ1n) is 9.85. The van der Waals surface area contributed by atoms with Crippen molar-refractivity contribution in [2.75, 3.05) is 0 Å². The molecular weight excluding hydrogens is 411 g/mol. The quantitative estimate of drug-likeness (QED) is 0.578. The van der Waals surface area contributed by atoms with Gasteiger partial charge < -0.3 is 15.0 Å². The van der Waals surface area contributed by atoms with Gasteiger partial charge in [0.05, 0.1) is 6.04 Å². The maximum atomic E-state index is 12.6. The third kappa shape index (κ3) is 5.22. The van der Waals surface area contributed by atoms with Crippen molar-refractivity contribution in [3.63, 3.8) is 0 Å². The third-order valence-electron chi connectivity index (χ3n) is 5.15. The highest BCUT2D eigenvalue weighted by Crippen LogP contribution is 2.31. The molecule has 0 spiro atoms. The minimum atomic E-state index is -4.79. The average molecular weight is 431 g/mol. The van der Waals surface area contributed by atoms with E-state index in [0.717, 1.165) is 18.4 Å². The Morgan fingerprint density at radius 1 is 1.23 bits per heavy atom. The summed E-state index contributed by atoms with van der Waals surface area (Å²) < 4.78 is 41.1. The zero-order chi connectivity index (χ0) is 22.2. The molecule has 0 aliphatic heterocycles. The first-order chi connectivity index (χ1) is 14.7. The molecule has 0 radical (unpaired) electrons. The number of amides is 1. The van der Waals surface area contributed by atoms with Crippen molar-refractivity contribution in [3.05, 3.63) is 59.5 Å². The van der Waals surface area contributed by atoms with Gasteiger partial charge in [-0.2, -0.15) is 0 Å². The van der Waals surface area contributed by atoms with E-state index in [1.807, 2.05) is 0 Å². The minimum absolute atomic E-state index is 0.159. The molecule has 1 aromatic carbocycles. The highest BCUT2D eigenvalue weighted by Gasteiger charge is 2.31. The highest BCUT2D eigenvalue weighted by molar-refractivity contribution is 5.98. The van der Waals surface area contributed by atoms with Crippen LogP contribution in [0.4, 0.5) is 13.2 Å². The normalized spacial score (nSPS) is 15.0. The van der Waals surface area contributed by atoms with Gasteiger partial charge in [0, 0.05) is 35.1 Å². The average Bonchev–Trinajstić information content (AvgIpc) is 3.46. The number of benzene rings is 1. The van der Waals surface area contributed by atoms with Crippen LogP contribution in [0.5, 0.6) is 5.75 Å². The standard InChI is InChI=1S/C22H20F3N3O3/c1-12(14-6-7-26-16(8-14)11-20(29)13-2-3-13)27-21(30)19-10-15-9-17(31-22(23,24)25)4-5-18(15)28-19/h4-10,12-13,28H,2-3,11H2,1H3,(H,27,30). The maximum Gasteiger partial charge on any atom is 0.573 e. The number of pyridine rings is 1. The molecule has 6 nitrogen and oxygen atoms in total. The SMILES string of the molecule is CC(NC(=O)c1cc2cc(OC(F)(F)F)ccc2[nH]1)c1ccnc(CC(=O)C2CC2)c1. The zero-order valence-electron chi connectivity index (χ0n) is 16.6. The van der Waals surface area contributed by atoms with Crippen LogP contribution in [0.1, 0.15) is 47.6 Å². The molecule has 1 unspecified atom stereocenters. The molecule has 1 fully saturated rings. The van der Waals surface area contributed by atoms with Crippen LogP contribution in [-0.4, -0.2) is 28.0 Å². The van der Waals surface area contributed by atoms with Gasteiger partial charge in [0.2, 0.25) is 0 Å². The number of nitrogens with one attached hydrogen (secondary N) is 2. The summed E-state index contributed by atoms with van der Waals surface area (Å²) in [6.45, 7) is 1.80. The molecule has 1 atom stereocenters. The maximum absolute atomic E-state index is 12.6. The number of H-pyrrole nitrogens is 1. The first-order valence-corrected chi connectivity index (χ1v) is 9.85. The van der Waals surface area contributed by atoms with E-state index < -0.39 is 12.3 Å². The summed E-state index contributed by atoms with van der Waals surface area (Å²) in [5.74, 6) is -0.418. The number of aromatic amines is 1. The van der Waals surface area contributed by atoms with Crippen LogP contribution >= 0.6 is 0 Å². The third-order valence-corrected chi connectivity index (χ3v) is 5.15. The fourth-order valence-electron chi connectivity index (χ4n) is 3.38. The molecule has 0 saturated heterocycles. The highest BCUT2D eigenvalue weighted by atomic mass is 19.4. The molecule has 1 amide bonds. The summed E-state index contributed by atoms with van der Waals surface area (Å²) in [7, 11) is 0. The van der Waals surface area contributed by atoms with E-state index in [1.165, 1.54) is 24.3 Å². The Labute approximate surface area is 175 Å². The smallest absolute Gasteiger partial charge is 0.406 e. The molecule has 31 heavy (non-hydrogen) atoms. The van der Waals surface area contributed by atoms with Crippen molar-refractivity contribution >= 4 is 22.6 Å². The van der Waals surface area contributed by atoms with E-state index in [2.05, 4.69) is 20.0 Å². The lowest BCUT2D eigenvalue weighted by Gasteiger charge is -2.14. The van der Waals surface area contributed by atoms with Gasteiger partial charge in [-0.3, -0.25) is 14.6 Å². The largest absolute Gasteiger partial charge is 0.573 e. The van der Waals surface area contributed by atoms with E-state index in [1.54, 1.807) is 25.3 Å². The topological polar surface area (TPSA) is 84.1 Å². The second-order valence-electron chi connectivity index (χ2n) is 7.67. The van der Waals surface area contributed by atoms with Gasteiger partial charge in [-0.1, -0.05) is 0 Å². The summed E-state index contributed by atoms with van der Waals surface area (Å²) in [5, 5.41) is 3.27. The summed E-state index contributed by atoms with van der Waals surface area (Å²) in [6, 6.07) is 8.49. The molecule has 1 saturated carbocycles. The summed E-state index contributed by atoms with van der Waals surface area (Å²) in [5.41, 5.74) is 2.19. The van der Waals surface area contributed by atoms with Crippen molar-refractivity contribution < 1.29 is 27.5 Å². The second kappa shape index (κ2) is 8.05. The number of halogens is 3. The molecular formula is C22H20F3N3O3. The molecule has 162 valence electrons. The van der Waals surface area contributed by atoms with Crippen molar-refractivity contribution in [1.82, 2.24) is 15.3 Å². The van der Waals surface area contributed by atoms with Crippen LogP contribution < -0.4 is 10.1 Å². The Balaban J connectivity index is 1.45. The molecule has 1 aliphatic carbocycles. The Morgan fingerprint density at radius 3 is 2.71 bits per heavy atom. The van der Waals surface area contributed by atoms with Crippen LogP contribution in [0.15, 0.2) is 42.6 Å². The van der Waals surface area contributed by atoms with Crippen molar-refractivity contribution in [2.45, 2.75) is 38.6 Å². The summed E-state index contributed by atoms with van der Waals surface area (Å²) >= 11 is 0. The number of carbonyl (C=O) groups excluding carboxylic acids is 2. The number of Topliss-reactive ketones (excluding diaryl/α,β-unsaturated/α-hetero) is 1. The van der Waals surface area contributed by atoms with Crippen molar-refractivity contribution in [1.29, 1.82) is 0 Å². The van der Waals surface area contributed by atoms with E-state index >= 15 is 0 Å². The number of aromatic nitrogens is 2. The predicted molar refractivity (Wildman–Crippen MR) is 107 cm³/mol. The molecule has 3 aromatic rings. The van der Waals surface area contributed by atoms with Gasteiger partial charge in [-0.05, 0) is 61.7 Å². The molecule has 4 rings (SSSR count). The lowest BCUT2D eigenvalue weighted by atomic mass is 10.1. The number of alkyl halides is 3. The molecule has 9 heteroatoms. The Morgan fingerprint density at radius 2 is 2.00 bits per heavy atom. The molecule has 2 heterocycles. The van der Waals surface area contributed by atoms with Gasteiger partial charge in [0.1, 0.15) is 17.2 Å². The Hall–Kier alpha value is -3.36. The Kier molecular flexibility index (Phi) is 5.43. The second-order valence-corrected chi connectivity index (χ2v) is 7.67. The number of rotatable bonds is 7. The molecule has 2 N–H and O–H groups in total. The lowest BCUT2D eigenvalue weighted by Crippen LogP contribution is -2.27. The first kappa shape index (κ1) is 20.9. The van der Waals surface area contributed by atoms with Gasteiger partial charge in [-0.25, -0.2) is 0 Å². The van der Waals surface area contributed by atoms with Crippen LogP contribution in [-0.2, 0) is 11.2 Å². The van der Waals surface area contributed by atoms with Crippen molar-refractivity contribution in [2.24, 2.45) is 5.92 Å². The zero-order valence-corrected chi connectivity index (χ0v) is 16.6. The number of ketones is 1. The number of carbonyl (C=O) groups is 2.